The monoisotopic (exact) mass is 369 g/mol. The maximum Gasteiger partial charge on any atom is 0.276 e. The number of aliphatic hydroxyl groups is 2. The van der Waals surface area contributed by atoms with Crippen molar-refractivity contribution in [1.82, 2.24) is 15.1 Å². The molecule has 0 bridgehead atoms. The summed E-state index contributed by atoms with van der Waals surface area (Å²) in [7, 11) is 1.39. The van der Waals surface area contributed by atoms with Gasteiger partial charge in [-0.25, -0.2) is 10.4 Å². The van der Waals surface area contributed by atoms with Crippen molar-refractivity contribution in [2.75, 3.05) is 6.61 Å². The molecule has 1 aromatic heterocycles. The summed E-state index contributed by atoms with van der Waals surface area (Å²) in [6, 6.07) is 4.13. The molecule has 0 spiro atoms. The molecule has 2 unspecified atom stereocenters. The van der Waals surface area contributed by atoms with Gasteiger partial charge in [0, 0.05) is 19.2 Å². The molecular formula is C14H19N5O7. The lowest BCUT2D eigenvalue weighted by Gasteiger charge is -2.23. The van der Waals surface area contributed by atoms with Gasteiger partial charge in [-0.3, -0.25) is 9.48 Å². The zero-order valence-corrected chi connectivity index (χ0v) is 13.7. The van der Waals surface area contributed by atoms with E-state index in [1.165, 1.54) is 31.3 Å². The fourth-order valence-corrected chi connectivity index (χ4v) is 2.38. The summed E-state index contributed by atoms with van der Waals surface area (Å²) in [6.45, 7) is -0.631. The second kappa shape index (κ2) is 8.31. The van der Waals surface area contributed by atoms with Crippen molar-refractivity contribution in [2.24, 2.45) is 7.05 Å². The molecule has 0 saturated heterocycles. The van der Waals surface area contributed by atoms with Crippen molar-refractivity contribution in [3.63, 3.8) is 0 Å². The van der Waals surface area contributed by atoms with Gasteiger partial charge < -0.3 is 25.9 Å². The lowest BCUT2D eigenvalue weighted by Crippen LogP contribution is -2.99. The second-order valence-electron chi connectivity index (χ2n) is 5.47. The van der Waals surface area contributed by atoms with Crippen LogP contribution in [0.4, 0.5) is 11.4 Å². The first kappa shape index (κ1) is 19.9. The predicted octanol–water partition coefficient (Wildman–Crippen LogP) is -2.95. The molecule has 1 amide bonds. The van der Waals surface area contributed by atoms with Gasteiger partial charge in [0.25, 0.3) is 5.91 Å². The summed E-state index contributed by atoms with van der Waals surface area (Å²) in [5.74, 6) is -0.831. The molecule has 7 N–H and O–H groups in total. The minimum absolute atomic E-state index is 0.0199. The quantitative estimate of drug-likeness (QED) is 0.253. The van der Waals surface area contributed by atoms with E-state index in [-0.39, 0.29) is 22.6 Å². The fourth-order valence-electron chi connectivity index (χ4n) is 2.38. The molecular weight excluding hydrogens is 350 g/mol. The average Bonchev–Trinajstić information content (AvgIpc) is 3.01. The van der Waals surface area contributed by atoms with Crippen LogP contribution >= 0.6 is 0 Å². The number of aromatic nitrogens is 2. The largest absolute Gasteiger partial charge is 0.595 e. The topological polar surface area (TPSA) is 183 Å². The highest BCUT2D eigenvalue weighted by molar-refractivity contribution is 5.96. The molecule has 0 fully saturated rings. The number of hydrogen-bond donors (Lipinski definition) is 7. The predicted molar refractivity (Wildman–Crippen MR) is 84.5 cm³/mol. The van der Waals surface area contributed by atoms with E-state index in [0.717, 1.165) is 10.9 Å². The third-order valence-electron chi connectivity index (χ3n) is 3.78. The Hall–Kier alpha value is -2.42. The van der Waals surface area contributed by atoms with E-state index in [4.69, 9.17) is 10.4 Å². The minimum Gasteiger partial charge on any atom is -0.595 e. The third-order valence-corrected chi connectivity index (χ3v) is 3.78. The number of nitrogens with one attached hydrogen (secondary N) is 3. The van der Waals surface area contributed by atoms with Gasteiger partial charge in [0.05, 0.1) is 12.6 Å². The summed E-state index contributed by atoms with van der Waals surface area (Å²) in [4.78, 5) is 12.4. The summed E-state index contributed by atoms with van der Waals surface area (Å²) in [6.07, 6.45) is -0.319. The molecule has 1 aromatic carbocycles. The molecule has 0 radical (unpaired) electrons. The van der Waals surface area contributed by atoms with Crippen LogP contribution < -0.4 is 15.8 Å². The van der Waals surface area contributed by atoms with Gasteiger partial charge in [0.2, 0.25) is 5.69 Å². The highest BCUT2D eigenvalue weighted by Crippen LogP contribution is 2.19. The summed E-state index contributed by atoms with van der Waals surface area (Å²) < 4.78 is 1.07. The Kier molecular flexibility index (Phi) is 6.36. The number of carbonyl (C=O) groups is 1. The van der Waals surface area contributed by atoms with Crippen molar-refractivity contribution in [3.05, 3.63) is 52.1 Å². The Bertz CT molecular complexity index is 747. The Morgan fingerprint density at radius 1 is 1.27 bits per heavy atom. The van der Waals surface area contributed by atoms with Gasteiger partial charge >= 0.3 is 0 Å². The SMILES string of the molecule is Cn1ncc([NH+]([O-])O)c1C(=O)N[C@@H](CO)[C@H](O)c1ccc([NH+]([O-])O)cc1. The molecule has 0 aliphatic carbocycles. The Morgan fingerprint density at radius 2 is 1.88 bits per heavy atom. The third kappa shape index (κ3) is 4.21. The number of amides is 1. The Balaban J connectivity index is 2.18. The Morgan fingerprint density at radius 3 is 2.38 bits per heavy atom. The molecule has 1 heterocycles. The van der Waals surface area contributed by atoms with E-state index in [9.17, 15) is 25.4 Å². The van der Waals surface area contributed by atoms with Crippen molar-refractivity contribution in [2.45, 2.75) is 12.1 Å². The number of nitrogens with zero attached hydrogens (tertiary/aromatic N) is 2. The van der Waals surface area contributed by atoms with Crippen molar-refractivity contribution in [1.29, 1.82) is 0 Å². The van der Waals surface area contributed by atoms with E-state index in [1.807, 2.05) is 0 Å². The lowest BCUT2D eigenvalue weighted by molar-refractivity contribution is -0.991. The number of benzene rings is 1. The minimum atomic E-state index is -1.34. The van der Waals surface area contributed by atoms with Crippen LogP contribution in [0.25, 0.3) is 0 Å². The maximum atomic E-state index is 12.4. The van der Waals surface area contributed by atoms with E-state index in [1.54, 1.807) is 0 Å². The number of carbonyl (C=O) groups excluding carboxylic acids is 1. The first-order valence-corrected chi connectivity index (χ1v) is 7.44. The van der Waals surface area contributed by atoms with Crippen molar-refractivity contribution in [3.8, 4) is 0 Å². The molecule has 26 heavy (non-hydrogen) atoms. The van der Waals surface area contributed by atoms with Gasteiger partial charge in [-0.05, 0) is 5.56 Å². The van der Waals surface area contributed by atoms with Crippen LogP contribution in [0, 0.1) is 10.4 Å². The normalized spacial score (nSPS) is 16.0. The molecule has 2 aromatic rings. The van der Waals surface area contributed by atoms with E-state index >= 15 is 0 Å². The fraction of sp³-hybridized carbons (Fsp3) is 0.286. The number of aryl methyl sites for hydroxylation is 1. The van der Waals surface area contributed by atoms with Crippen LogP contribution in [0.15, 0.2) is 30.5 Å². The molecule has 0 saturated carbocycles. The van der Waals surface area contributed by atoms with Gasteiger partial charge in [0.15, 0.2) is 11.4 Å². The molecule has 12 heteroatoms. The zero-order valence-electron chi connectivity index (χ0n) is 13.7. The zero-order chi connectivity index (χ0) is 19.4. The van der Waals surface area contributed by atoms with Crippen LogP contribution in [0.2, 0.25) is 0 Å². The van der Waals surface area contributed by atoms with Gasteiger partial charge in [-0.1, -0.05) is 12.1 Å². The Labute approximate surface area is 147 Å². The van der Waals surface area contributed by atoms with Crippen LogP contribution in [-0.2, 0) is 7.05 Å². The first-order valence-electron chi connectivity index (χ1n) is 7.44. The van der Waals surface area contributed by atoms with Crippen LogP contribution in [0.3, 0.4) is 0 Å². The molecule has 0 aliphatic heterocycles. The maximum absolute atomic E-state index is 12.4. The highest BCUT2D eigenvalue weighted by Gasteiger charge is 2.28. The van der Waals surface area contributed by atoms with Crippen molar-refractivity contribution >= 4 is 17.3 Å². The summed E-state index contributed by atoms with van der Waals surface area (Å²) >= 11 is 0. The number of hydrogen-bond acceptors (Lipinski definition) is 8. The van der Waals surface area contributed by atoms with E-state index in [2.05, 4.69) is 10.4 Å². The smallest absolute Gasteiger partial charge is 0.276 e. The lowest BCUT2D eigenvalue weighted by atomic mass is 10.0. The number of quaternary nitrogens is 2. The molecule has 2 rings (SSSR count). The summed E-state index contributed by atoms with van der Waals surface area (Å²) in [5.41, 5.74) is -0.254. The molecule has 0 aliphatic rings. The number of aliphatic hydroxyl groups excluding tert-OH is 2. The molecule has 4 atom stereocenters. The van der Waals surface area contributed by atoms with Gasteiger partial charge in [0.1, 0.15) is 12.3 Å². The van der Waals surface area contributed by atoms with Crippen molar-refractivity contribution < 1.29 is 35.9 Å². The molecule has 12 nitrogen and oxygen atoms in total. The average molecular weight is 369 g/mol. The molecule has 142 valence electrons. The standard InChI is InChI=1S/C14H19N5O7/c1-17-12(11(6-15-17)19(25)26)14(22)16-10(7-20)13(21)8-2-4-9(5-3-8)18(23)24/h2-6,10,13,18-21,23,25H,7H2,1H3,(H,16,22)/t10-,13+/m0/s1. The highest BCUT2D eigenvalue weighted by atomic mass is 16.8. The van der Waals surface area contributed by atoms with Gasteiger partial charge in [-0.2, -0.15) is 15.6 Å². The van der Waals surface area contributed by atoms with Gasteiger partial charge in [-0.15, -0.1) is 0 Å². The van der Waals surface area contributed by atoms with Crippen LogP contribution in [0.5, 0.6) is 0 Å². The van der Waals surface area contributed by atoms with Crippen LogP contribution in [0.1, 0.15) is 22.2 Å². The number of rotatable bonds is 7. The van der Waals surface area contributed by atoms with E-state index in [0.29, 0.717) is 0 Å². The first-order chi connectivity index (χ1) is 12.3. The van der Waals surface area contributed by atoms with E-state index < -0.39 is 35.1 Å². The van der Waals surface area contributed by atoms with Crippen LogP contribution in [-0.4, -0.2) is 49.0 Å². The summed E-state index contributed by atoms with van der Waals surface area (Å²) in [5, 5.41) is 63.4. The second-order valence-corrected chi connectivity index (χ2v) is 5.47.